The summed E-state index contributed by atoms with van der Waals surface area (Å²) >= 11 is 0. The van der Waals surface area contributed by atoms with E-state index in [0.29, 0.717) is 5.92 Å². The third-order valence-electron chi connectivity index (χ3n) is 4.72. The largest absolute Gasteiger partial charge is 0.376 e. The molecule has 1 atom stereocenters. The van der Waals surface area contributed by atoms with E-state index < -0.39 is 0 Å². The van der Waals surface area contributed by atoms with Crippen LogP contribution in [0.2, 0.25) is 0 Å². The molecular formula is C16H23N5O2. The van der Waals surface area contributed by atoms with Gasteiger partial charge in [-0.25, -0.2) is 0 Å². The van der Waals surface area contributed by atoms with E-state index in [1.54, 1.807) is 0 Å². The molecule has 0 saturated carbocycles. The van der Waals surface area contributed by atoms with Crippen molar-refractivity contribution in [2.75, 3.05) is 39.5 Å². The van der Waals surface area contributed by atoms with Gasteiger partial charge in [-0.2, -0.15) is 9.61 Å². The third-order valence-corrected chi connectivity index (χ3v) is 4.72. The molecule has 2 aromatic heterocycles. The van der Waals surface area contributed by atoms with E-state index in [9.17, 15) is 0 Å². The number of likely N-dealkylation sites (tertiary alicyclic amines) is 1. The van der Waals surface area contributed by atoms with E-state index >= 15 is 0 Å². The monoisotopic (exact) mass is 317 g/mol. The van der Waals surface area contributed by atoms with Crippen LogP contribution in [-0.4, -0.2) is 70.3 Å². The Hall–Kier alpha value is -1.57. The first-order chi connectivity index (χ1) is 11.3. The summed E-state index contributed by atoms with van der Waals surface area (Å²) in [5, 5.41) is 13.2. The van der Waals surface area contributed by atoms with Gasteiger partial charge >= 0.3 is 0 Å². The normalized spacial score (nSPS) is 24.3. The standard InChI is InChI=1S/C16H23N5O2/c1-12-2-3-15-17-18-16(21(15)19-12)13-4-6-20(7-5-13)10-14-11-22-8-9-23-14/h2-3,13-14H,4-11H2,1H3. The Labute approximate surface area is 135 Å². The number of rotatable bonds is 3. The van der Waals surface area contributed by atoms with Gasteiger partial charge in [0.05, 0.1) is 31.6 Å². The average molecular weight is 317 g/mol. The van der Waals surface area contributed by atoms with Crippen LogP contribution in [0.1, 0.15) is 30.3 Å². The topological polar surface area (TPSA) is 64.8 Å². The van der Waals surface area contributed by atoms with Gasteiger partial charge in [-0.15, -0.1) is 10.2 Å². The van der Waals surface area contributed by atoms with E-state index in [0.717, 1.165) is 69.5 Å². The first-order valence-corrected chi connectivity index (χ1v) is 8.40. The Balaban J connectivity index is 1.39. The average Bonchev–Trinajstić information content (AvgIpc) is 2.99. The maximum Gasteiger partial charge on any atom is 0.177 e. The number of nitrogens with zero attached hydrogens (tertiary/aromatic N) is 5. The molecule has 0 amide bonds. The van der Waals surface area contributed by atoms with Crippen LogP contribution in [0, 0.1) is 6.92 Å². The molecule has 2 aliphatic heterocycles. The van der Waals surface area contributed by atoms with Gasteiger partial charge in [-0.1, -0.05) is 0 Å². The highest BCUT2D eigenvalue weighted by Crippen LogP contribution is 2.27. The molecule has 23 heavy (non-hydrogen) atoms. The van der Waals surface area contributed by atoms with Crippen LogP contribution in [-0.2, 0) is 9.47 Å². The summed E-state index contributed by atoms with van der Waals surface area (Å²) in [6.07, 6.45) is 2.40. The summed E-state index contributed by atoms with van der Waals surface area (Å²) in [5.74, 6) is 1.43. The van der Waals surface area contributed by atoms with Crippen molar-refractivity contribution in [1.29, 1.82) is 0 Å². The van der Waals surface area contributed by atoms with Gasteiger partial charge in [0.15, 0.2) is 11.5 Å². The Morgan fingerprint density at radius 2 is 2.04 bits per heavy atom. The first-order valence-electron chi connectivity index (χ1n) is 8.40. The molecule has 7 nitrogen and oxygen atoms in total. The van der Waals surface area contributed by atoms with Crippen LogP contribution in [0.4, 0.5) is 0 Å². The summed E-state index contributed by atoms with van der Waals surface area (Å²) in [6.45, 7) is 7.25. The van der Waals surface area contributed by atoms with Gasteiger partial charge in [0.1, 0.15) is 0 Å². The lowest BCUT2D eigenvalue weighted by atomic mass is 9.96. The zero-order chi connectivity index (χ0) is 15.6. The van der Waals surface area contributed by atoms with Crippen LogP contribution in [0.25, 0.3) is 5.65 Å². The van der Waals surface area contributed by atoms with Crippen molar-refractivity contribution in [1.82, 2.24) is 24.7 Å². The Morgan fingerprint density at radius 1 is 1.17 bits per heavy atom. The summed E-state index contributed by atoms with van der Waals surface area (Å²) < 4.78 is 13.1. The quantitative estimate of drug-likeness (QED) is 0.842. The SMILES string of the molecule is Cc1ccc2nnc(C3CCN(CC4COCCO4)CC3)n2n1. The fraction of sp³-hybridized carbons (Fsp3) is 0.688. The van der Waals surface area contributed by atoms with Gasteiger partial charge in [-0.05, 0) is 45.0 Å². The van der Waals surface area contributed by atoms with Crippen LogP contribution < -0.4 is 0 Å². The molecule has 2 aliphatic rings. The minimum absolute atomic E-state index is 0.221. The van der Waals surface area contributed by atoms with Crippen LogP contribution in [0.5, 0.6) is 0 Å². The molecule has 124 valence electrons. The fourth-order valence-electron chi connectivity index (χ4n) is 3.46. The molecule has 1 unspecified atom stereocenters. The number of hydrogen-bond donors (Lipinski definition) is 0. The third kappa shape index (κ3) is 3.22. The molecule has 0 aromatic carbocycles. The van der Waals surface area contributed by atoms with Crippen LogP contribution >= 0.6 is 0 Å². The lowest BCUT2D eigenvalue weighted by Crippen LogP contribution is -2.43. The first kappa shape index (κ1) is 15.0. The maximum absolute atomic E-state index is 5.75. The van der Waals surface area contributed by atoms with E-state index in [2.05, 4.69) is 20.2 Å². The molecule has 0 aliphatic carbocycles. The van der Waals surface area contributed by atoms with Crippen molar-refractivity contribution in [3.05, 3.63) is 23.7 Å². The van der Waals surface area contributed by atoms with E-state index in [-0.39, 0.29) is 6.10 Å². The maximum atomic E-state index is 5.75. The summed E-state index contributed by atoms with van der Waals surface area (Å²) in [4.78, 5) is 2.47. The molecule has 7 heteroatoms. The van der Waals surface area contributed by atoms with Crippen molar-refractivity contribution < 1.29 is 9.47 Å². The molecule has 4 heterocycles. The Bertz CT molecular complexity index is 660. The van der Waals surface area contributed by atoms with E-state index in [4.69, 9.17) is 9.47 Å². The van der Waals surface area contributed by atoms with E-state index in [1.165, 1.54) is 0 Å². The number of piperidine rings is 1. The predicted molar refractivity (Wildman–Crippen MR) is 84.5 cm³/mol. The van der Waals surface area contributed by atoms with Gasteiger partial charge in [0.25, 0.3) is 0 Å². The van der Waals surface area contributed by atoms with E-state index in [1.807, 2.05) is 23.6 Å². The molecule has 0 bridgehead atoms. The molecule has 2 fully saturated rings. The molecule has 0 spiro atoms. The van der Waals surface area contributed by atoms with Gasteiger partial charge in [0.2, 0.25) is 0 Å². The number of fused-ring (bicyclic) bond motifs is 1. The van der Waals surface area contributed by atoms with Gasteiger partial charge in [-0.3, -0.25) is 0 Å². The Morgan fingerprint density at radius 3 is 2.83 bits per heavy atom. The molecular weight excluding hydrogens is 294 g/mol. The second-order valence-electron chi connectivity index (χ2n) is 6.45. The zero-order valence-electron chi connectivity index (χ0n) is 13.5. The minimum atomic E-state index is 0.221. The lowest BCUT2D eigenvalue weighted by molar-refractivity contribution is -0.0988. The van der Waals surface area contributed by atoms with Gasteiger partial charge in [0, 0.05) is 12.5 Å². The zero-order valence-corrected chi connectivity index (χ0v) is 13.5. The number of ether oxygens (including phenoxy) is 2. The highest BCUT2D eigenvalue weighted by atomic mass is 16.6. The summed E-state index contributed by atoms with van der Waals surface area (Å²) in [5.41, 5.74) is 1.83. The molecule has 2 aromatic rings. The molecule has 4 rings (SSSR count). The number of aromatic nitrogens is 4. The molecule has 2 saturated heterocycles. The number of aryl methyl sites for hydroxylation is 1. The smallest absolute Gasteiger partial charge is 0.177 e. The van der Waals surface area contributed by atoms with Crippen molar-refractivity contribution in [3.8, 4) is 0 Å². The molecule has 0 N–H and O–H groups in total. The fourth-order valence-corrected chi connectivity index (χ4v) is 3.46. The second-order valence-corrected chi connectivity index (χ2v) is 6.45. The highest BCUT2D eigenvalue weighted by molar-refractivity contribution is 5.36. The van der Waals surface area contributed by atoms with Crippen molar-refractivity contribution in [2.45, 2.75) is 31.8 Å². The van der Waals surface area contributed by atoms with Crippen molar-refractivity contribution in [2.24, 2.45) is 0 Å². The highest BCUT2D eigenvalue weighted by Gasteiger charge is 2.27. The Kier molecular flexibility index (Phi) is 4.24. The second kappa shape index (κ2) is 6.51. The molecule has 0 radical (unpaired) electrons. The summed E-state index contributed by atoms with van der Waals surface area (Å²) in [6, 6.07) is 3.96. The predicted octanol–water partition coefficient (Wildman–Crippen LogP) is 1.03. The lowest BCUT2D eigenvalue weighted by Gasteiger charge is -2.34. The number of hydrogen-bond acceptors (Lipinski definition) is 6. The van der Waals surface area contributed by atoms with Crippen LogP contribution in [0.3, 0.4) is 0 Å². The minimum Gasteiger partial charge on any atom is -0.376 e. The van der Waals surface area contributed by atoms with Crippen LogP contribution in [0.15, 0.2) is 12.1 Å². The van der Waals surface area contributed by atoms with Crippen molar-refractivity contribution in [3.63, 3.8) is 0 Å². The summed E-state index contributed by atoms with van der Waals surface area (Å²) in [7, 11) is 0. The van der Waals surface area contributed by atoms with Crippen molar-refractivity contribution >= 4 is 5.65 Å². The van der Waals surface area contributed by atoms with Gasteiger partial charge < -0.3 is 14.4 Å².